The lowest BCUT2D eigenvalue weighted by Gasteiger charge is -2.35. The van der Waals surface area contributed by atoms with Crippen molar-refractivity contribution >= 4 is 95.9 Å². The topological polar surface area (TPSA) is 575 Å². The highest BCUT2D eigenvalue weighted by molar-refractivity contribution is 5.73. The van der Waals surface area contributed by atoms with E-state index in [1.54, 1.807) is 68.4 Å². The molecule has 0 aromatic heterocycles. The molecule has 0 saturated carbocycles. The first-order valence-electron chi connectivity index (χ1n) is 38.2. The van der Waals surface area contributed by atoms with Crippen LogP contribution in [-0.4, -0.2) is 258 Å². The monoisotopic (exact) mass is 1630 g/mol. The Hall–Kier alpha value is -10.8. The number of aliphatic hydroxyl groups excluding tert-OH is 5. The number of hydrogen-bond donors (Lipinski definition) is 8. The molecule has 40 nitrogen and oxygen atoms in total. The Morgan fingerprint density at radius 2 is 0.688 bits per heavy atom. The summed E-state index contributed by atoms with van der Waals surface area (Å²) in [6, 6.07) is 13.4. The highest BCUT2D eigenvalue weighted by atomic mass is 16.7. The maximum atomic E-state index is 12.6. The van der Waals surface area contributed by atoms with Crippen LogP contribution in [0, 0.1) is 0 Å². The summed E-state index contributed by atoms with van der Waals surface area (Å²) in [6.45, 7) is 14.3. The van der Waals surface area contributed by atoms with Gasteiger partial charge in [-0.25, -0.2) is 14.4 Å². The van der Waals surface area contributed by atoms with E-state index in [1.165, 1.54) is 19.9 Å². The highest BCUT2D eigenvalue weighted by Gasteiger charge is 2.46. The van der Waals surface area contributed by atoms with Crippen LogP contribution in [-0.2, 0) is 151 Å². The number of aliphatic hydroxyl groups is 5. The van der Waals surface area contributed by atoms with Gasteiger partial charge in [0.05, 0.1) is 19.3 Å². The van der Waals surface area contributed by atoms with Gasteiger partial charge in [0, 0.05) is 112 Å². The third kappa shape index (κ3) is 50.1. The van der Waals surface area contributed by atoms with E-state index in [0.29, 0.717) is 12.0 Å². The number of carbonyl (C=O) groups excluding carboxylic acids is 16. The Balaban J connectivity index is -0.000000147. The van der Waals surface area contributed by atoms with Crippen LogP contribution in [0.4, 0.5) is 9.59 Å². The molecule has 0 bridgehead atoms. The van der Waals surface area contributed by atoms with E-state index < -0.39 is 220 Å². The van der Waals surface area contributed by atoms with Crippen LogP contribution in [0.25, 0.3) is 0 Å². The van der Waals surface area contributed by atoms with Crippen LogP contribution in [0.1, 0.15) is 166 Å². The molecule has 2 aromatic carbocycles. The fourth-order valence-electron chi connectivity index (χ4n) is 8.95. The molecule has 0 unspecified atom stereocenters. The van der Waals surface area contributed by atoms with Crippen LogP contribution in [0.15, 0.2) is 65.7 Å². The van der Waals surface area contributed by atoms with Gasteiger partial charge in [0.25, 0.3) is 0 Å². The molecule has 16 atom stereocenters. The third-order valence-corrected chi connectivity index (χ3v) is 13.5. The number of carbonyl (C=O) groups is 15. The number of nitrogens with zero attached hydrogens (tertiary/aromatic N) is 1. The zero-order valence-electron chi connectivity index (χ0n) is 73.0. The second kappa shape index (κ2) is 61.0. The smallest absolute Gasteiger partial charge is 0.407 e. The number of ether oxygens (including phenoxy) is 15. The molecular weight excluding hydrogens is 1500 g/mol. The van der Waals surface area contributed by atoms with E-state index >= 15 is 0 Å². The minimum absolute atomic E-state index is 0. The van der Waals surface area contributed by atoms with E-state index in [2.05, 4.69) is 15.6 Å². The third-order valence-electron chi connectivity index (χ3n) is 13.5. The summed E-state index contributed by atoms with van der Waals surface area (Å²) in [6.07, 6.45) is -16.9. The highest BCUT2D eigenvalue weighted by Crippen LogP contribution is 2.24. The molecule has 648 valence electrons. The number of hydrogen-bond acceptors (Lipinski definition) is 38. The summed E-state index contributed by atoms with van der Waals surface area (Å²) in [5.41, 5.74) is 7.39. The van der Waals surface area contributed by atoms with Crippen LogP contribution < -0.4 is 16.4 Å². The van der Waals surface area contributed by atoms with Crippen molar-refractivity contribution < 1.29 is 190 Å². The summed E-state index contributed by atoms with van der Waals surface area (Å²) in [5.74, 6) is -9.58. The molecule has 9 N–H and O–H groups in total. The quantitative estimate of drug-likeness (QED) is 0.0205. The fourth-order valence-corrected chi connectivity index (χ4v) is 8.95. The van der Waals surface area contributed by atoms with Gasteiger partial charge in [-0.1, -0.05) is 96.8 Å². The predicted molar refractivity (Wildman–Crippen MR) is 399 cm³/mol. The Labute approximate surface area is 666 Å². The number of alkyl carbamates (subject to hydrolysis) is 2. The molecule has 0 aliphatic rings. The summed E-state index contributed by atoms with van der Waals surface area (Å²) in [5, 5.41) is 51.0. The van der Waals surface area contributed by atoms with Crippen molar-refractivity contribution in [3.8, 4) is 0 Å². The van der Waals surface area contributed by atoms with Gasteiger partial charge in [-0.15, -0.1) is 0 Å². The second-order valence-electron chi connectivity index (χ2n) is 22.9. The number of isocyanates is 1. The van der Waals surface area contributed by atoms with Crippen molar-refractivity contribution in [1.82, 2.24) is 10.6 Å². The lowest BCUT2D eigenvalue weighted by Crippen LogP contribution is -2.58. The first-order valence-corrected chi connectivity index (χ1v) is 33.2. The SMILES string of the molecule is C.C.C.CC(=O)OC[C@H](NC(=O)OCc1ccccc1)[C@@H](OC(C)=O)[C@H](OC(C)=O)[C@@H](COC(C)=O)OC(C)=O.CC[C@H](N)[C@@H](OC(C)=O)[C@H](OC(C)=O)[C@@H](COC(C)=O)OC(C)=O.CC[C@H](N=C=O)[C@@H](OC(C)=O)[C@H](OC(C)=O)[C@@H](COC(C)=O)OC(C)=O.O=C(N[C@@H](CO)[C@@H](O)[C@H](O)[C@H](O)CO)OCc1ccccc1.[2HH].[2H][2H].[2H][2H].[2H][2H].[2H][2H].[2H][2H]. The van der Waals surface area contributed by atoms with Gasteiger partial charge < -0.3 is 113 Å². The molecule has 0 saturated heterocycles. The largest absolute Gasteiger partial charge is 0.464 e. The average molecular weight is 1630 g/mol. The van der Waals surface area contributed by atoms with Crippen molar-refractivity contribution in [3.05, 3.63) is 71.8 Å². The second-order valence-corrected chi connectivity index (χ2v) is 22.9. The average Bonchev–Trinajstić information content (AvgIpc) is 0.840. The maximum absolute atomic E-state index is 12.6. The normalized spacial score (nSPS) is 14.8. The number of esters is 13. The van der Waals surface area contributed by atoms with E-state index in [4.69, 9.17) is 102 Å². The number of aliphatic imine (C=N–C) groups is 1. The Bertz CT molecular complexity index is 3300. The van der Waals surface area contributed by atoms with Crippen molar-refractivity contribution in [1.29, 1.82) is 0 Å². The zero-order chi connectivity index (χ0) is 93.6. The molecule has 40 heteroatoms. The molecule has 0 aliphatic heterocycles. The van der Waals surface area contributed by atoms with Gasteiger partial charge in [-0.3, -0.25) is 62.3 Å². The maximum Gasteiger partial charge on any atom is 0.407 e. The zero-order valence-corrected chi connectivity index (χ0v) is 63.0. The standard InChI is InChI=1S/C24H31NO12.C16H23NO9.C15H25NO8.C14H21NO7.3CH4.6H2/c1-14(26)32-12-20(25-24(31)34-11-19-9-7-6-8-10-19)22(36-17(4)29)23(37-18(5)30)21(35-16(3)28)13-33-15(2)27;1-6-13(17-8-18)15(25-11(4)21)16(26-12(5)22)14(24-10(3)20)7-23-9(2)19;1-6-12(16)14(23-10(4)19)15(24-11(5)20)13(22-9(3)18)7-21-8(2)17;16-6-10(12(19)13(20)11(18)7-17)15-14(21)22-8-9-4-2-1-3-5-9;;;;;;;;;/h6-10,20-23H,11-13H2,1-5H3,(H,25,31);13-16H,6-7H2,1-5H3;12-15H,6-7,16H2,1-5H3;1-5,10-13,16-20H,6-8H2,(H,15,21);3*1H4;6*1H/t20-,21+,22+,23+;13-,14+,15+,16+;12-,13+,14+,15+;10-,11+,12+,13+;;;;;;;;;/m0000........./s1/i;;;;;;;5*1+1D;1+1. The Kier molecular flexibility index (Phi) is 54.0. The molecule has 0 fully saturated rings. The van der Waals surface area contributed by atoms with Crippen molar-refractivity contribution in [2.24, 2.45) is 10.7 Å². The van der Waals surface area contributed by atoms with Gasteiger partial charge >= 0.3 is 89.8 Å². The van der Waals surface area contributed by atoms with E-state index in [9.17, 15) is 92.0 Å². The molecule has 2 rings (SSSR count). The first kappa shape index (κ1) is 99.2. The summed E-state index contributed by atoms with van der Waals surface area (Å²) in [4.78, 5) is 188. The Morgan fingerprint density at radius 3 is 0.982 bits per heavy atom. The molecule has 2 aromatic rings. The minimum Gasteiger partial charge on any atom is -0.464 e. The van der Waals surface area contributed by atoms with Crippen LogP contribution >= 0.6 is 0 Å². The van der Waals surface area contributed by atoms with Crippen molar-refractivity contribution in [2.45, 2.75) is 250 Å². The summed E-state index contributed by atoms with van der Waals surface area (Å²) in [7, 11) is 0. The number of nitrogens with one attached hydrogen (secondary N) is 2. The van der Waals surface area contributed by atoms with E-state index in [-0.39, 0.29) is 49.9 Å². The fraction of sp³-hybridized carbons (Fsp3) is 0.611. The molecule has 0 heterocycles. The van der Waals surface area contributed by atoms with E-state index in [0.717, 1.165) is 81.7 Å². The van der Waals surface area contributed by atoms with Crippen molar-refractivity contribution in [2.75, 3.05) is 39.6 Å². The van der Waals surface area contributed by atoms with Gasteiger partial charge in [0.2, 0.25) is 6.08 Å². The Morgan fingerprint density at radius 1 is 0.393 bits per heavy atom. The summed E-state index contributed by atoms with van der Waals surface area (Å²) >= 11 is 0. The van der Waals surface area contributed by atoms with Gasteiger partial charge in [-0.05, 0) is 24.0 Å². The van der Waals surface area contributed by atoms with E-state index in [1.807, 2.05) is 6.07 Å². The molecule has 0 spiro atoms. The van der Waals surface area contributed by atoms with Crippen molar-refractivity contribution in [3.63, 3.8) is 0 Å². The van der Waals surface area contributed by atoms with Crippen LogP contribution in [0.3, 0.4) is 0 Å². The van der Waals surface area contributed by atoms with Gasteiger partial charge in [-0.2, -0.15) is 4.99 Å². The lowest BCUT2D eigenvalue weighted by molar-refractivity contribution is -0.193. The molecule has 0 aliphatic carbocycles. The van der Waals surface area contributed by atoms with Gasteiger partial charge in [0.15, 0.2) is 54.9 Å². The summed E-state index contributed by atoms with van der Waals surface area (Å²) < 4.78 is 126. The molecule has 0 radical (unpaired) electrons. The number of amides is 2. The number of rotatable bonds is 40. The molecule has 2 amide bonds. The lowest BCUT2D eigenvalue weighted by atomic mass is 9.99. The molecule has 112 heavy (non-hydrogen) atoms. The number of benzene rings is 2. The number of nitrogens with two attached hydrogens (primary N) is 1. The first-order chi connectivity index (χ1) is 56.1. The predicted octanol–water partition coefficient (Wildman–Crippen LogP) is 3.48. The van der Waals surface area contributed by atoms with Gasteiger partial charge in [0.1, 0.15) is 70.0 Å². The molecular formula is C72H124N4O36. The van der Waals surface area contributed by atoms with Crippen LogP contribution in [0.5, 0.6) is 0 Å². The van der Waals surface area contributed by atoms with Crippen LogP contribution in [0.2, 0.25) is 0 Å². The minimum atomic E-state index is -1.73.